The van der Waals surface area contributed by atoms with E-state index in [9.17, 15) is 0 Å². The summed E-state index contributed by atoms with van der Waals surface area (Å²) in [5.74, 6) is 0.479. The van der Waals surface area contributed by atoms with Crippen molar-refractivity contribution < 1.29 is 0 Å². The predicted octanol–water partition coefficient (Wildman–Crippen LogP) is 2.75. The van der Waals surface area contributed by atoms with Crippen LogP contribution in [-0.4, -0.2) is 24.0 Å². The van der Waals surface area contributed by atoms with Gasteiger partial charge >= 0.3 is 0 Å². The lowest BCUT2D eigenvalue weighted by Gasteiger charge is -2.05. The molecule has 0 aliphatic heterocycles. The van der Waals surface area contributed by atoms with Gasteiger partial charge in [-0.25, -0.2) is 4.99 Å². The third-order valence-corrected chi connectivity index (χ3v) is 3.49. The molecule has 1 heterocycles. The monoisotopic (exact) mass is 284 g/mol. The highest BCUT2D eigenvalue weighted by molar-refractivity contribution is 5.86. The SMILES string of the molecule is C=C(C)CN=C(N)NCCc1c[nH]c2c(CC)cccc12. The van der Waals surface area contributed by atoms with Crippen LogP contribution in [0, 0.1) is 0 Å². The van der Waals surface area contributed by atoms with E-state index >= 15 is 0 Å². The minimum absolute atomic E-state index is 0.479. The van der Waals surface area contributed by atoms with Crippen LogP contribution in [0.5, 0.6) is 0 Å². The van der Waals surface area contributed by atoms with E-state index in [4.69, 9.17) is 5.73 Å². The van der Waals surface area contributed by atoms with Gasteiger partial charge in [-0.1, -0.05) is 37.3 Å². The maximum atomic E-state index is 5.81. The summed E-state index contributed by atoms with van der Waals surface area (Å²) in [6.45, 7) is 9.27. The third-order valence-electron chi connectivity index (χ3n) is 3.49. The fourth-order valence-corrected chi connectivity index (χ4v) is 2.38. The molecule has 1 aromatic heterocycles. The fraction of sp³-hybridized carbons (Fsp3) is 0.353. The van der Waals surface area contributed by atoms with Crippen LogP contribution in [0.4, 0.5) is 0 Å². The van der Waals surface area contributed by atoms with Gasteiger partial charge in [0.2, 0.25) is 0 Å². The molecule has 0 saturated heterocycles. The highest BCUT2D eigenvalue weighted by atomic mass is 15.1. The van der Waals surface area contributed by atoms with Crippen molar-refractivity contribution in [3.05, 3.63) is 47.7 Å². The number of aromatic amines is 1. The third kappa shape index (κ3) is 3.88. The van der Waals surface area contributed by atoms with Crippen LogP contribution >= 0.6 is 0 Å². The summed E-state index contributed by atoms with van der Waals surface area (Å²) < 4.78 is 0. The van der Waals surface area contributed by atoms with Crippen molar-refractivity contribution in [2.45, 2.75) is 26.7 Å². The first-order valence-electron chi connectivity index (χ1n) is 7.37. The molecular weight excluding hydrogens is 260 g/mol. The summed E-state index contributed by atoms with van der Waals surface area (Å²) in [5, 5.41) is 4.44. The molecule has 2 rings (SSSR count). The van der Waals surface area contributed by atoms with Gasteiger partial charge in [0.15, 0.2) is 5.96 Å². The summed E-state index contributed by atoms with van der Waals surface area (Å²) in [5.41, 5.74) is 10.7. The number of nitrogens with two attached hydrogens (primary N) is 1. The number of rotatable bonds is 6. The number of hydrogen-bond acceptors (Lipinski definition) is 1. The summed E-state index contributed by atoms with van der Waals surface area (Å²) in [4.78, 5) is 7.59. The Hall–Kier alpha value is -2.23. The Morgan fingerprint density at radius 3 is 2.90 bits per heavy atom. The van der Waals surface area contributed by atoms with E-state index in [0.29, 0.717) is 12.5 Å². The van der Waals surface area contributed by atoms with Gasteiger partial charge in [0.1, 0.15) is 0 Å². The molecule has 21 heavy (non-hydrogen) atoms. The number of H-pyrrole nitrogens is 1. The van der Waals surface area contributed by atoms with Crippen molar-refractivity contribution in [3.63, 3.8) is 0 Å². The van der Waals surface area contributed by atoms with Crippen LogP contribution in [0.15, 0.2) is 41.5 Å². The lowest BCUT2D eigenvalue weighted by Crippen LogP contribution is -2.33. The first-order chi connectivity index (χ1) is 10.1. The zero-order chi connectivity index (χ0) is 15.2. The summed E-state index contributed by atoms with van der Waals surface area (Å²) in [6.07, 6.45) is 4.04. The molecule has 0 atom stereocenters. The molecule has 0 radical (unpaired) electrons. The number of hydrogen-bond donors (Lipinski definition) is 3. The number of aromatic nitrogens is 1. The number of guanidine groups is 1. The van der Waals surface area contributed by atoms with Crippen LogP contribution < -0.4 is 11.1 Å². The quantitative estimate of drug-likeness (QED) is 0.434. The largest absolute Gasteiger partial charge is 0.370 e. The number of fused-ring (bicyclic) bond motifs is 1. The normalized spacial score (nSPS) is 11.8. The molecule has 0 fully saturated rings. The highest BCUT2D eigenvalue weighted by Gasteiger charge is 2.06. The standard InChI is InChI=1S/C17H24N4/c1-4-13-6-5-7-15-14(11-20-16(13)15)8-9-19-17(18)21-10-12(2)3/h5-7,11,20H,2,4,8-10H2,1,3H3,(H3,18,19,21). The van der Waals surface area contributed by atoms with E-state index < -0.39 is 0 Å². The molecule has 0 aliphatic rings. The minimum Gasteiger partial charge on any atom is -0.370 e. The van der Waals surface area contributed by atoms with Crippen molar-refractivity contribution in [2.24, 2.45) is 10.7 Å². The van der Waals surface area contributed by atoms with Crippen LogP contribution in [0.2, 0.25) is 0 Å². The molecule has 112 valence electrons. The number of para-hydroxylation sites is 1. The molecular formula is C17H24N4. The van der Waals surface area contributed by atoms with Gasteiger partial charge in [0.25, 0.3) is 0 Å². The van der Waals surface area contributed by atoms with E-state index in [0.717, 1.165) is 25.0 Å². The first-order valence-corrected chi connectivity index (χ1v) is 7.37. The molecule has 1 aromatic carbocycles. The van der Waals surface area contributed by atoms with Crippen molar-refractivity contribution >= 4 is 16.9 Å². The smallest absolute Gasteiger partial charge is 0.188 e. The van der Waals surface area contributed by atoms with Gasteiger partial charge in [-0.2, -0.15) is 0 Å². The predicted molar refractivity (Wildman–Crippen MR) is 90.7 cm³/mol. The highest BCUT2D eigenvalue weighted by Crippen LogP contribution is 2.22. The van der Waals surface area contributed by atoms with Gasteiger partial charge in [-0.05, 0) is 30.9 Å². The van der Waals surface area contributed by atoms with Crippen LogP contribution in [-0.2, 0) is 12.8 Å². The molecule has 0 spiro atoms. The van der Waals surface area contributed by atoms with E-state index in [1.54, 1.807) is 0 Å². The van der Waals surface area contributed by atoms with Crippen molar-refractivity contribution in [3.8, 4) is 0 Å². The summed E-state index contributed by atoms with van der Waals surface area (Å²) >= 11 is 0. The second kappa shape index (κ2) is 6.97. The molecule has 0 amide bonds. The number of nitrogens with zero attached hydrogens (tertiary/aromatic N) is 1. The second-order valence-electron chi connectivity index (χ2n) is 5.34. The molecule has 4 nitrogen and oxygen atoms in total. The Balaban J connectivity index is 1.98. The summed E-state index contributed by atoms with van der Waals surface area (Å²) in [7, 11) is 0. The van der Waals surface area contributed by atoms with E-state index in [-0.39, 0.29) is 0 Å². The van der Waals surface area contributed by atoms with Crippen LogP contribution in [0.3, 0.4) is 0 Å². The Morgan fingerprint density at radius 2 is 2.19 bits per heavy atom. The average Bonchev–Trinajstić information content (AvgIpc) is 2.88. The lowest BCUT2D eigenvalue weighted by atomic mass is 10.1. The average molecular weight is 284 g/mol. The molecule has 0 bridgehead atoms. The van der Waals surface area contributed by atoms with Crippen molar-refractivity contribution in [1.29, 1.82) is 0 Å². The van der Waals surface area contributed by atoms with Crippen molar-refractivity contribution in [1.82, 2.24) is 10.3 Å². The Bertz CT molecular complexity index is 652. The zero-order valence-electron chi connectivity index (χ0n) is 12.9. The number of benzene rings is 1. The molecule has 0 unspecified atom stereocenters. The second-order valence-corrected chi connectivity index (χ2v) is 5.34. The Morgan fingerprint density at radius 1 is 1.38 bits per heavy atom. The zero-order valence-corrected chi connectivity index (χ0v) is 12.9. The van der Waals surface area contributed by atoms with E-state index in [1.807, 2.05) is 6.92 Å². The van der Waals surface area contributed by atoms with Crippen molar-refractivity contribution in [2.75, 3.05) is 13.1 Å². The van der Waals surface area contributed by atoms with E-state index in [1.165, 1.54) is 22.0 Å². The lowest BCUT2D eigenvalue weighted by molar-refractivity contribution is 0.856. The minimum atomic E-state index is 0.479. The van der Waals surface area contributed by atoms with Gasteiger partial charge in [0, 0.05) is 23.6 Å². The van der Waals surface area contributed by atoms with Gasteiger partial charge in [0.05, 0.1) is 6.54 Å². The van der Waals surface area contributed by atoms with Gasteiger partial charge in [-0.3, -0.25) is 0 Å². The number of aryl methyl sites for hydroxylation is 1. The maximum absolute atomic E-state index is 5.81. The summed E-state index contributed by atoms with van der Waals surface area (Å²) in [6, 6.07) is 6.45. The molecule has 2 aromatic rings. The number of aliphatic imine (C=N–C) groups is 1. The first kappa shape index (κ1) is 15.2. The molecule has 4 N–H and O–H groups in total. The van der Waals surface area contributed by atoms with E-state index in [2.05, 4.69) is 53.2 Å². The maximum Gasteiger partial charge on any atom is 0.188 e. The topological polar surface area (TPSA) is 66.2 Å². The van der Waals surface area contributed by atoms with Crippen LogP contribution in [0.1, 0.15) is 25.0 Å². The van der Waals surface area contributed by atoms with Gasteiger partial charge < -0.3 is 16.0 Å². The van der Waals surface area contributed by atoms with Crippen LogP contribution in [0.25, 0.3) is 10.9 Å². The number of nitrogens with one attached hydrogen (secondary N) is 2. The molecule has 4 heteroatoms. The Labute approximate surface area is 126 Å². The van der Waals surface area contributed by atoms with Gasteiger partial charge in [-0.15, -0.1) is 0 Å². The Kier molecular flexibility index (Phi) is 5.04. The molecule has 0 aliphatic carbocycles. The molecule has 0 saturated carbocycles. The fourth-order valence-electron chi connectivity index (χ4n) is 2.38.